The Labute approximate surface area is 229 Å². The number of pyridine rings is 1. The summed E-state index contributed by atoms with van der Waals surface area (Å²) in [6, 6.07) is 6.79. The SMILES string of the molecule is CC(C)(C)OC(=O)NS(=O)[O-].CCOc1ccc2c(C(=O)c3cc(OC)c(OC)c(OC)c3)cncc2c1N. The van der Waals surface area contributed by atoms with Gasteiger partial charge in [0.25, 0.3) is 0 Å². The maximum Gasteiger partial charge on any atom is 0.418 e. The Morgan fingerprint density at radius 2 is 1.62 bits per heavy atom. The van der Waals surface area contributed by atoms with Crippen molar-refractivity contribution in [1.29, 1.82) is 0 Å². The van der Waals surface area contributed by atoms with Crippen LogP contribution in [0.1, 0.15) is 43.6 Å². The van der Waals surface area contributed by atoms with Crippen molar-refractivity contribution in [2.45, 2.75) is 33.3 Å². The number of nitrogens with zero attached hydrogens (tertiary/aromatic N) is 1. The van der Waals surface area contributed by atoms with Crippen LogP contribution in [0.15, 0.2) is 36.7 Å². The van der Waals surface area contributed by atoms with Gasteiger partial charge < -0.3 is 34.0 Å². The highest BCUT2D eigenvalue weighted by molar-refractivity contribution is 7.77. The number of fused-ring (bicyclic) bond motifs is 1. The van der Waals surface area contributed by atoms with Gasteiger partial charge in [-0.2, -0.15) is 0 Å². The van der Waals surface area contributed by atoms with Gasteiger partial charge in [-0.3, -0.25) is 18.7 Å². The lowest BCUT2D eigenvalue weighted by Gasteiger charge is -2.19. The number of rotatable bonds is 8. The van der Waals surface area contributed by atoms with Crippen molar-refractivity contribution in [3.8, 4) is 23.0 Å². The van der Waals surface area contributed by atoms with Crippen molar-refractivity contribution in [3.05, 3.63) is 47.8 Å². The van der Waals surface area contributed by atoms with Crippen LogP contribution in [-0.4, -0.2) is 59.2 Å². The Hall–Kier alpha value is -4.10. The lowest BCUT2D eigenvalue weighted by Crippen LogP contribution is -2.33. The fourth-order valence-corrected chi connectivity index (χ4v) is 3.62. The molecule has 0 bridgehead atoms. The minimum Gasteiger partial charge on any atom is -0.755 e. The molecule has 0 saturated carbocycles. The van der Waals surface area contributed by atoms with E-state index in [9.17, 15) is 18.4 Å². The van der Waals surface area contributed by atoms with Gasteiger partial charge in [-0.05, 0) is 57.3 Å². The van der Waals surface area contributed by atoms with Gasteiger partial charge in [0.15, 0.2) is 17.3 Å². The Morgan fingerprint density at radius 1 is 1.00 bits per heavy atom. The van der Waals surface area contributed by atoms with Crippen molar-refractivity contribution in [3.63, 3.8) is 0 Å². The standard InChI is InChI=1S/C21H22N2O5.C5H11NO4S/c1-5-28-16-7-6-13-14(19(16)22)10-23-11-15(13)20(24)12-8-17(25-2)21(27-4)18(9-12)26-3;1-5(2,3)10-4(7)6-11(8)9/h6-11H,5,22H2,1-4H3;1-3H3,(H,6,7)(H,8,9)/p-1. The summed E-state index contributed by atoms with van der Waals surface area (Å²) >= 11 is -2.60. The Balaban J connectivity index is 0.000000411. The first kappa shape index (κ1) is 31.1. The second-order valence-electron chi connectivity index (χ2n) is 8.77. The molecule has 1 unspecified atom stereocenters. The molecule has 212 valence electrons. The molecule has 0 fully saturated rings. The first-order valence-corrected chi connectivity index (χ1v) is 12.7. The van der Waals surface area contributed by atoms with Crippen LogP contribution in [-0.2, 0) is 16.0 Å². The number of anilines is 1. The highest BCUT2D eigenvalue weighted by Crippen LogP contribution is 2.39. The highest BCUT2D eigenvalue weighted by Gasteiger charge is 2.21. The normalized spacial score (nSPS) is 11.5. The lowest BCUT2D eigenvalue weighted by molar-refractivity contribution is 0.0569. The molecule has 3 aromatic rings. The van der Waals surface area contributed by atoms with E-state index in [2.05, 4.69) is 9.72 Å². The van der Waals surface area contributed by atoms with Crippen LogP contribution in [0, 0.1) is 0 Å². The molecule has 13 heteroatoms. The zero-order valence-corrected chi connectivity index (χ0v) is 23.6. The molecule has 0 radical (unpaired) electrons. The average molecular weight is 563 g/mol. The maximum absolute atomic E-state index is 13.3. The van der Waals surface area contributed by atoms with Gasteiger partial charge in [0.2, 0.25) is 5.75 Å². The van der Waals surface area contributed by atoms with E-state index in [0.717, 1.165) is 0 Å². The molecule has 0 saturated heterocycles. The molecule has 1 aromatic heterocycles. The Kier molecular flexibility index (Phi) is 10.9. The summed E-state index contributed by atoms with van der Waals surface area (Å²) in [5, 5.41) is 1.35. The number of hydrogen-bond acceptors (Lipinski definition) is 11. The molecule has 3 rings (SSSR count). The molecule has 0 aliphatic rings. The summed E-state index contributed by atoms with van der Waals surface area (Å²) in [5.41, 5.74) is 6.79. The number of nitrogens with two attached hydrogens (primary N) is 1. The van der Waals surface area contributed by atoms with Crippen LogP contribution in [0.2, 0.25) is 0 Å². The smallest absolute Gasteiger partial charge is 0.418 e. The number of benzene rings is 2. The van der Waals surface area contributed by atoms with Gasteiger partial charge in [-0.25, -0.2) is 4.79 Å². The largest absolute Gasteiger partial charge is 0.755 e. The van der Waals surface area contributed by atoms with Crippen molar-refractivity contribution >= 4 is 39.6 Å². The van der Waals surface area contributed by atoms with E-state index in [1.54, 1.807) is 49.9 Å². The minimum atomic E-state index is -2.60. The number of ether oxygens (including phenoxy) is 5. The van der Waals surface area contributed by atoms with Crippen molar-refractivity contribution in [1.82, 2.24) is 9.71 Å². The van der Waals surface area contributed by atoms with E-state index in [1.165, 1.54) is 27.5 Å². The Morgan fingerprint density at radius 3 is 2.10 bits per heavy atom. The molecule has 1 amide bonds. The van der Waals surface area contributed by atoms with Crippen LogP contribution < -0.4 is 29.4 Å². The van der Waals surface area contributed by atoms with Crippen LogP contribution in [0.3, 0.4) is 0 Å². The molecule has 2 aromatic carbocycles. The predicted octanol–water partition coefficient (Wildman–Crippen LogP) is 3.78. The molecular formula is C26H32N3O9S-. The first-order valence-electron chi connectivity index (χ1n) is 11.6. The number of nitrogen functional groups attached to an aromatic ring is 1. The second-order valence-corrected chi connectivity index (χ2v) is 9.45. The number of carbonyl (C=O) groups is 2. The number of aromatic nitrogens is 1. The van der Waals surface area contributed by atoms with E-state index in [1.807, 2.05) is 13.0 Å². The topological polar surface area (TPSA) is 171 Å². The molecule has 1 heterocycles. The minimum absolute atomic E-state index is 0.235. The van der Waals surface area contributed by atoms with E-state index in [0.29, 0.717) is 57.2 Å². The van der Waals surface area contributed by atoms with Gasteiger partial charge in [-0.15, -0.1) is 0 Å². The molecule has 0 aliphatic heterocycles. The Bertz CT molecular complexity index is 1330. The number of hydrogen-bond donors (Lipinski definition) is 2. The summed E-state index contributed by atoms with van der Waals surface area (Å²) in [7, 11) is 4.51. The van der Waals surface area contributed by atoms with E-state index >= 15 is 0 Å². The molecule has 39 heavy (non-hydrogen) atoms. The molecule has 0 spiro atoms. The zero-order chi connectivity index (χ0) is 29.3. The highest BCUT2D eigenvalue weighted by atomic mass is 32.2. The van der Waals surface area contributed by atoms with Crippen molar-refractivity contribution < 1.29 is 42.0 Å². The third-order valence-corrected chi connectivity index (χ3v) is 5.31. The molecule has 0 aliphatic carbocycles. The summed E-state index contributed by atoms with van der Waals surface area (Å²) in [5.74, 6) is 1.55. The van der Waals surface area contributed by atoms with Gasteiger partial charge in [0.1, 0.15) is 11.4 Å². The molecule has 12 nitrogen and oxygen atoms in total. The number of methoxy groups -OCH3 is 3. The molecular weight excluding hydrogens is 530 g/mol. The number of carbonyl (C=O) groups excluding carboxylic acids is 2. The number of amides is 1. The van der Waals surface area contributed by atoms with Crippen LogP contribution in [0.25, 0.3) is 10.8 Å². The summed E-state index contributed by atoms with van der Waals surface area (Å²) in [4.78, 5) is 28.0. The second kappa shape index (κ2) is 13.6. The maximum atomic E-state index is 13.3. The summed E-state index contributed by atoms with van der Waals surface area (Å²) in [6.45, 7) is 7.29. The lowest BCUT2D eigenvalue weighted by atomic mass is 9.98. The van der Waals surface area contributed by atoms with Crippen molar-refractivity contribution in [2.24, 2.45) is 0 Å². The number of nitrogens with one attached hydrogen (secondary N) is 1. The molecule has 3 N–H and O–H groups in total. The van der Waals surface area contributed by atoms with Crippen molar-refractivity contribution in [2.75, 3.05) is 33.7 Å². The summed E-state index contributed by atoms with van der Waals surface area (Å²) < 4.78 is 47.5. The zero-order valence-electron chi connectivity index (χ0n) is 22.8. The monoisotopic (exact) mass is 562 g/mol. The van der Waals surface area contributed by atoms with E-state index < -0.39 is 23.0 Å². The van der Waals surface area contributed by atoms with Gasteiger partial charge in [0.05, 0.1) is 33.6 Å². The van der Waals surface area contributed by atoms with E-state index in [4.69, 9.17) is 24.7 Å². The average Bonchev–Trinajstić information content (AvgIpc) is 2.87. The van der Waals surface area contributed by atoms with Gasteiger partial charge in [0, 0.05) is 40.2 Å². The van der Waals surface area contributed by atoms with Gasteiger partial charge in [-0.1, -0.05) is 0 Å². The third-order valence-electron chi connectivity index (χ3n) is 4.98. The molecule has 1 atom stereocenters. The third kappa shape index (κ3) is 8.19. The fourth-order valence-electron chi connectivity index (χ4n) is 3.44. The summed E-state index contributed by atoms with van der Waals surface area (Å²) in [6.07, 6.45) is 2.18. The predicted molar refractivity (Wildman–Crippen MR) is 145 cm³/mol. The quantitative estimate of drug-likeness (QED) is 0.232. The van der Waals surface area contributed by atoms with Crippen LogP contribution in [0.4, 0.5) is 10.5 Å². The number of ketones is 1. The van der Waals surface area contributed by atoms with Crippen LogP contribution >= 0.6 is 0 Å². The van der Waals surface area contributed by atoms with Crippen LogP contribution in [0.5, 0.6) is 23.0 Å². The van der Waals surface area contributed by atoms with E-state index in [-0.39, 0.29) is 5.78 Å². The first-order chi connectivity index (χ1) is 18.4. The van der Waals surface area contributed by atoms with Gasteiger partial charge >= 0.3 is 6.09 Å². The fraction of sp³-hybridized carbons (Fsp3) is 0.346.